The highest BCUT2D eigenvalue weighted by Crippen LogP contribution is 2.12. The van der Waals surface area contributed by atoms with E-state index in [1.165, 1.54) is 5.56 Å². The zero-order valence-electron chi connectivity index (χ0n) is 11.0. The average Bonchev–Trinajstić information content (AvgIpc) is 2.90. The largest absolute Gasteiger partial charge is 0.399 e. The fourth-order valence-corrected chi connectivity index (χ4v) is 2.02. The van der Waals surface area contributed by atoms with Crippen molar-refractivity contribution in [2.24, 2.45) is 0 Å². The summed E-state index contributed by atoms with van der Waals surface area (Å²) in [5.41, 5.74) is 8.69. The second-order valence-electron chi connectivity index (χ2n) is 4.69. The molecular weight excluding hydrogens is 250 g/mol. The van der Waals surface area contributed by atoms with Crippen LogP contribution in [0.1, 0.15) is 22.8 Å². The van der Waals surface area contributed by atoms with Gasteiger partial charge in [-0.25, -0.2) is 0 Å². The van der Waals surface area contributed by atoms with E-state index in [-0.39, 0.29) is 0 Å². The van der Waals surface area contributed by atoms with Crippen LogP contribution in [0.4, 0.5) is 5.69 Å². The molecule has 2 N–H and O–H groups in total. The lowest BCUT2D eigenvalue weighted by atomic mass is 10.1. The minimum absolute atomic E-state index is 0.626. The number of rotatable bonds is 4. The summed E-state index contributed by atoms with van der Waals surface area (Å²) in [4.78, 5) is 4.41. The summed E-state index contributed by atoms with van der Waals surface area (Å²) in [6.45, 7) is 0. The Kier molecular flexibility index (Phi) is 3.46. The normalized spacial score (nSPS) is 10.6. The van der Waals surface area contributed by atoms with Gasteiger partial charge in [0.1, 0.15) is 0 Å². The van der Waals surface area contributed by atoms with Crippen LogP contribution in [-0.2, 0) is 12.8 Å². The number of aromatic nitrogens is 2. The maximum Gasteiger partial charge on any atom is 0.231 e. The van der Waals surface area contributed by atoms with Crippen LogP contribution < -0.4 is 5.73 Å². The molecule has 2 aromatic carbocycles. The fourth-order valence-electron chi connectivity index (χ4n) is 2.02. The second kappa shape index (κ2) is 5.57. The monoisotopic (exact) mass is 265 g/mol. The number of hydrogen-bond donors (Lipinski definition) is 1. The van der Waals surface area contributed by atoms with Crippen LogP contribution in [0.25, 0.3) is 0 Å². The zero-order chi connectivity index (χ0) is 13.8. The molecule has 0 aliphatic carbocycles. The van der Waals surface area contributed by atoms with E-state index < -0.39 is 0 Å². The Balaban J connectivity index is 1.69. The third-order valence-corrected chi connectivity index (χ3v) is 3.05. The molecule has 0 aliphatic rings. The number of hydrogen-bond acceptors (Lipinski definition) is 4. The first-order chi connectivity index (χ1) is 9.79. The second-order valence-corrected chi connectivity index (χ2v) is 4.69. The summed E-state index contributed by atoms with van der Waals surface area (Å²) in [6.07, 6.45) is 1.31. The van der Waals surface area contributed by atoms with Crippen LogP contribution in [0.5, 0.6) is 0 Å². The number of anilines is 1. The van der Waals surface area contributed by atoms with Crippen LogP contribution in [0, 0.1) is 0 Å². The Bertz CT molecular complexity index is 674. The first-order valence-corrected chi connectivity index (χ1v) is 6.49. The predicted octanol–water partition coefficient (Wildman–Crippen LogP) is 2.83. The molecule has 1 aromatic heterocycles. The smallest absolute Gasteiger partial charge is 0.231 e. The van der Waals surface area contributed by atoms with Crippen LogP contribution >= 0.6 is 0 Å². The standard InChI is InChI=1S/C16H15N3O/c17-14-8-6-13(7-9-14)11-16-18-15(19-20-16)10-12-4-2-1-3-5-12/h1-9H,10-11,17H2. The highest BCUT2D eigenvalue weighted by Gasteiger charge is 2.07. The van der Waals surface area contributed by atoms with Crippen molar-refractivity contribution in [2.75, 3.05) is 5.73 Å². The van der Waals surface area contributed by atoms with Gasteiger partial charge in [0.2, 0.25) is 5.89 Å². The molecule has 1 heterocycles. The molecule has 0 saturated heterocycles. The van der Waals surface area contributed by atoms with Crippen molar-refractivity contribution in [2.45, 2.75) is 12.8 Å². The highest BCUT2D eigenvalue weighted by molar-refractivity contribution is 5.39. The molecular formula is C16H15N3O. The van der Waals surface area contributed by atoms with Gasteiger partial charge in [-0.1, -0.05) is 47.6 Å². The van der Waals surface area contributed by atoms with Gasteiger partial charge in [0.15, 0.2) is 5.82 Å². The van der Waals surface area contributed by atoms with Crippen molar-refractivity contribution in [3.63, 3.8) is 0 Å². The first kappa shape index (κ1) is 12.4. The first-order valence-electron chi connectivity index (χ1n) is 6.49. The quantitative estimate of drug-likeness (QED) is 0.737. The minimum Gasteiger partial charge on any atom is -0.399 e. The summed E-state index contributed by atoms with van der Waals surface area (Å²) in [7, 11) is 0. The van der Waals surface area contributed by atoms with Crippen molar-refractivity contribution in [1.29, 1.82) is 0 Å². The molecule has 100 valence electrons. The van der Waals surface area contributed by atoms with Gasteiger partial charge in [0, 0.05) is 12.1 Å². The van der Waals surface area contributed by atoms with Gasteiger partial charge in [-0.05, 0) is 23.3 Å². The third-order valence-electron chi connectivity index (χ3n) is 3.05. The van der Waals surface area contributed by atoms with Gasteiger partial charge in [0.25, 0.3) is 0 Å². The predicted molar refractivity (Wildman–Crippen MR) is 77.2 cm³/mol. The average molecular weight is 265 g/mol. The van der Waals surface area contributed by atoms with E-state index in [9.17, 15) is 0 Å². The Hall–Kier alpha value is -2.62. The summed E-state index contributed by atoms with van der Waals surface area (Å²) < 4.78 is 5.28. The molecule has 3 aromatic rings. The highest BCUT2D eigenvalue weighted by atomic mass is 16.5. The fraction of sp³-hybridized carbons (Fsp3) is 0.125. The number of benzene rings is 2. The van der Waals surface area contributed by atoms with Crippen LogP contribution in [-0.4, -0.2) is 10.1 Å². The Morgan fingerprint density at radius 1 is 0.850 bits per heavy atom. The maximum atomic E-state index is 5.66. The van der Waals surface area contributed by atoms with Gasteiger partial charge in [-0.15, -0.1) is 0 Å². The molecule has 0 aliphatic heterocycles. The number of nitrogens with zero attached hydrogens (tertiary/aromatic N) is 2. The number of nitrogen functional groups attached to an aromatic ring is 1. The number of nitrogens with two attached hydrogens (primary N) is 1. The molecule has 4 nitrogen and oxygen atoms in total. The van der Waals surface area contributed by atoms with Crippen molar-refractivity contribution in [1.82, 2.24) is 10.1 Å². The summed E-state index contributed by atoms with van der Waals surface area (Å²) >= 11 is 0. The van der Waals surface area contributed by atoms with Gasteiger partial charge in [-0.3, -0.25) is 0 Å². The van der Waals surface area contributed by atoms with E-state index in [1.807, 2.05) is 42.5 Å². The molecule has 0 fully saturated rings. The van der Waals surface area contributed by atoms with Crippen molar-refractivity contribution >= 4 is 5.69 Å². The lowest BCUT2D eigenvalue weighted by molar-refractivity contribution is 0.380. The molecule has 0 radical (unpaired) electrons. The van der Waals surface area contributed by atoms with Gasteiger partial charge >= 0.3 is 0 Å². The van der Waals surface area contributed by atoms with E-state index in [4.69, 9.17) is 10.3 Å². The summed E-state index contributed by atoms with van der Waals surface area (Å²) in [5.74, 6) is 1.34. The van der Waals surface area contributed by atoms with E-state index in [0.29, 0.717) is 24.6 Å². The van der Waals surface area contributed by atoms with E-state index in [0.717, 1.165) is 11.3 Å². The molecule has 0 bridgehead atoms. The maximum absolute atomic E-state index is 5.66. The van der Waals surface area contributed by atoms with E-state index >= 15 is 0 Å². The molecule has 0 spiro atoms. The molecule has 20 heavy (non-hydrogen) atoms. The van der Waals surface area contributed by atoms with Crippen LogP contribution in [0.3, 0.4) is 0 Å². The topological polar surface area (TPSA) is 64.9 Å². The Morgan fingerprint density at radius 3 is 2.30 bits per heavy atom. The molecule has 0 unspecified atom stereocenters. The van der Waals surface area contributed by atoms with E-state index in [2.05, 4.69) is 22.3 Å². The van der Waals surface area contributed by atoms with Crippen molar-refractivity contribution in [3.8, 4) is 0 Å². The minimum atomic E-state index is 0.626. The lowest BCUT2D eigenvalue weighted by Gasteiger charge is -1.97. The van der Waals surface area contributed by atoms with Gasteiger partial charge in [-0.2, -0.15) is 4.98 Å². The van der Waals surface area contributed by atoms with Crippen molar-refractivity contribution < 1.29 is 4.52 Å². The Morgan fingerprint density at radius 2 is 1.55 bits per heavy atom. The summed E-state index contributed by atoms with van der Waals surface area (Å²) in [6, 6.07) is 17.8. The molecule has 0 atom stereocenters. The molecule has 0 saturated carbocycles. The Labute approximate surface area is 117 Å². The van der Waals surface area contributed by atoms with E-state index in [1.54, 1.807) is 0 Å². The molecule has 3 rings (SSSR count). The lowest BCUT2D eigenvalue weighted by Crippen LogP contribution is -1.92. The molecule has 0 amide bonds. The SMILES string of the molecule is Nc1ccc(Cc2nc(Cc3ccccc3)no2)cc1. The van der Waals surface area contributed by atoms with Gasteiger partial charge < -0.3 is 10.3 Å². The summed E-state index contributed by atoms with van der Waals surface area (Å²) in [5, 5.41) is 4.01. The molecule has 4 heteroatoms. The van der Waals surface area contributed by atoms with Gasteiger partial charge in [0.05, 0.1) is 6.42 Å². The van der Waals surface area contributed by atoms with Crippen LogP contribution in [0.2, 0.25) is 0 Å². The zero-order valence-corrected chi connectivity index (χ0v) is 11.0. The van der Waals surface area contributed by atoms with Crippen LogP contribution in [0.15, 0.2) is 59.1 Å². The van der Waals surface area contributed by atoms with Crippen molar-refractivity contribution in [3.05, 3.63) is 77.4 Å². The third kappa shape index (κ3) is 3.03.